The summed E-state index contributed by atoms with van der Waals surface area (Å²) in [6, 6.07) is 9.87. The van der Waals surface area contributed by atoms with Crippen molar-refractivity contribution in [1.29, 1.82) is 0 Å². The zero-order chi connectivity index (χ0) is 8.81. The fourth-order valence-corrected chi connectivity index (χ4v) is 1.38. The molecule has 1 atom stereocenters. The number of benzene rings is 1. The van der Waals surface area contributed by atoms with E-state index in [9.17, 15) is 4.79 Å². The lowest BCUT2D eigenvalue weighted by Crippen LogP contribution is -2.14. The summed E-state index contributed by atoms with van der Waals surface area (Å²) in [5.74, 6) is 0.933. The van der Waals surface area contributed by atoms with Gasteiger partial charge in [-0.2, -0.15) is 0 Å². The maximum atomic E-state index is 10.3. The topological polar surface area (TPSA) is 26.3 Å². The number of rotatable bonds is 4. The molecule has 0 aliphatic carbocycles. The van der Waals surface area contributed by atoms with E-state index in [1.807, 2.05) is 36.9 Å². The Labute approximate surface area is 73.9 Å². The first kappa shape index (κ1) is 9.16. The second kappa shape index (κ2) is 4.85. The third-order valence-electron chi connectivity index (χ3n) is 1.55. The summed E-state index contributed by atoms with van der Waals surface area (Å²) in [6.45, 7) is 2.43. The first-order chi connectivity index (χ1) is 5.83. The predicted octanol–water partition coefficient (Wildman–Crippen LogP) is 1.33. The van der Waals surface area contributed by atoms with Gasteiger partial charge >= 0.3 is 0 Å². The highest BCUT2D eigenvalue weighted by molar-refractivity contribution is 6.78. The molecule has 0 aliphatic rings. The van der Waals surface area contributed by atoms with Gasteiger partial charge in [-0.25, -0.2) is 0 Å². The van der Waals surface area contributed by atoms with Crippen LogP contribution in [0.4, 0.5) is 0 Å². The van der Waals surface area contributed by atoms with Crippen LogP contribution < -0.4 is 0 Å². The van der Waals surface area contributed by atoms with Crippen LogP contribution in [0.2, 0.25) is 6.55 Å². The Hall–Kier alpha value is -0.933. The molecule has 0 saturated heterocycles. The molecule has 0 N–H and O–H groups in total. The molecule has 1 unspecified atom stereocenters. The van der Waals surface area contributed by atoms with Gasteiger partial charge in [-0.15, -0.1) is 0 Å². The van der Waals surface area contributed by atoms with Gasteiger partial charge < -0.3 is 9.22 Å². The van der Waals surface area contributed by atoms with E-state index in [1.165, 1.54) is 0 Å². The lowest BCUT2D eigenvalue weighted by atomic mass is 10.2. The number of carbonyl (C=O) groups excluding carboxylic acids is 1. The van der Waals surface area contributed by atoms with Crippen molar-refractivity contribution >= 4 is 14.9 Å². The van der Waals surface area contributed by atoms with E-state index >= 15 is 0 Å². The Morgan fingerprint density at radius 2 is 2.08 bits per heavy atom. The Bertz CT molecular complexity index is 236. The van der Waals surface area contributed by atoms with Crippen molar-refractivity contribution in [3.05, 3.63) is 35.9 Å². The third-order valence-corrected chi connectivity index (χ3v) is 2.62. The lowest BCUT2D eigenvalue weighted by molar-refractivity contribution is 0.318. The maximum absolute atomic E-state index is 10.3. The summed E-state index contributed by atoms with van der Waals surface area (Å²) < 4.78 is 5.35. The molecule has 0 aliphatic heterocycles. The zero-order valence-corrected chi connectivity index (χ0v) is 8.22. The highest BCUT2D eigenvalue weighted by Gasteiger charge is 2.01. The van der Waals surface area contributed by atoms with Gasteiger partial charge in [0.25, 0.3) is 0 Å². The van der Waals surface area contributed by atoms with E-state index in [0.717, 1.165) is 11.5 Å². The molecule has 0 radical (unpaired) electrons. The molecule has 0 heterocycles. The Kier molecular flexibility index (Phi) is 3.70. The molecule has 1 aromatic carbocycles. The van der Waals surface area contributed by atoms with Crippen LogP contribution in [0.1, 0.15) is 5.56 Å². The summed E-state index contributed by atoms with van der Waals surface area (Å²) in [4.78, 5) is 10.3. The Balaban J connectivity index is 2.38. The van der Waals surface area contributed by atoms with Crippen LogP contribution in [-0.4, -0.2) is 14.9 Å². The smallest absolute Gasteiger partial charge is 0.242 e. The van der Waals surface area contributed by atoms with Gasteiger partial charge in [0.05, 0.1) is 6.61 Å². The van der Waals surface area contributed by atoms with Crippen molar-refractivity contribution in [1.82, 2.24) is 0 Å². The highest BCUT2D eigenvalue weighted by Crippen LogP contribution is 2.00. The average molecular weight is 180 g/mol. The van der Waals surface area contributed by atoms with Crippen LogP contribution in [0.15, 0.2) is 30.3 Å². The third kappa shape index (κ3) is 2.98. The lowest BCUT2D eigenvalue weighted by Gasteiger charge is -2.04. The molecule has 3 heteroatoms. The maximum Gasteiger partial charge on any atom is 0.242 e. The van der Waals surface area contributed by atoms with Crippen molar-refractivity contribution < 1.29 is 9.22 Å². The molecule has 0 bridgehead atoms. The van der Waals surface area contributed by atoms with Gasteiger partial charge in [0.15, 0.2) is 0 Å². The van der Waals surface area contributed by atoms with Crippen molar-refractivity contribution in [2.75, 3.05) is 0 Å². The normalized spacial score (nSPS) is 12.4. The van der Waals surface area contributed by atoms with Crippen molar-refractivity contribution in [2.24, 2.45) is 0 Å². The Morgan fingerprint density at radius 1 is 1.42 bits per heavy atom. The molecular formula is C9H12O2Si. The molecule has 0 fully saturated rings. The monoisotopic (exact) mass is 180 g/mol. The summed E-state index contributed by atoms with van der Waals surface area (Å²) in [7, 11) is -1.53. The minimum atomic E-state index is -1.53. The summed E-state index contributed by atoms with van der Waals surface area (Å²) in [6.07, 6.45) is 0. The predicted molar refractivity (Wildman–Crippen MR) is 51.0 cm³/mol. The number of hydrogen-bond acceptors (Lipinski definition) is 2. The summed E-state index contributed by atoms with van der Waals surface area (Å²) >= 11 is 0. The van der Waals surface area contributed by atoms with Crippen LogP contribution in [-0.2, 0) is 15.8 Å². The van der Waals surface area contributed by atoms with Crippen LogP contribution in [0.5, 0.6) is 0 Å². The first-order valence-electron chi connectivity index (χ1n) is 3.94. The van der Waals surface area contributed by atoms with Crippen LogP contribution in [0, 0.1) is 0 Å². The molecule has 2 nitrogen and oxygen atoms in total. The average Bonchev–Trinajstić information content (AvgIpc) is 2.16. The van der Waals surface area contributed by atoms with Crippen molar-refractivity contribution in [2.45, 2.75) is 13.2 Å². The highest BCUT2D eigenvalue weighted by atomic mass is 28.3. The summed E-state index contributed by atoms with van der Waals surface area (Å²) in [5.41, 5.74) is 1.12. The number of carbonyl (C=O) groups is 1. The fourth-order valence-electron chi connectivity index (χ4n) is 0.841. The standard InChI is InChI=1S/C9H12O2Si/c1-12(8-10)11-7-9-5-3-2-4-6-9/h2-6,8,12H,7H2,1H3. The fraction of sp³-hybridized carbons (Fsp3) is 0.222. The van der Waals surface area contributed by atoms with E-state index in [0.29, 0.717) is 6.61 Å². The molecule has 0 spiro atoms. The van der Waals surface area contributed by atoms with E-state index in [4.69, 9.17) is 4.43 Å². The minimum absolute atomic E-state index is 0.562. The van der Waals surface area contributed by atoms with Gasteiger partial charge in [-0.1, -0.05) is 30.3 Å². The van der Waals surface area contributed by atoms with Crippen LogP contribution >= 0.6 is 0 Å². The molecule has 1 rings (SSSR count). The van der Waals surface area contributed by atoms with Crippen LogP contribution in [0.25, 0.3) is 0 Å². The molecule has 12 heavy (non-hydrogen) atoms. The van der Waals surface area contributed by atoms with Crippen molar-refractivity contribution in [3.63, 3.8) is 0 Å². The van der Waals surface area contributed by atoms with Crippen LogP contribution in [0.3, 0.4) is 0 Å². The Morgan fingerprint density at radius 3 is 2.67 bits per heavy atom. The van der Waals surface area contributed by atoms with E-state index in [-0.39, 0.29) is 0 Å². The molecule has 0 saturated carbocycles. The minimum Gasteiger partial charge on any atom is -0.408 e. The van der Waals surface area contributed by atoms with Gasteiger partial charge in [0.1, 0.15) is 5.91 Å². The van der Waals surface area contributed by atoms with Gasteiger partial charge in [0, 0.05) is 0 Å². The number of hydrogen-bond donors (Lipinski definition) is 0. The van der Waals surface area contributed by atoms with Gasteiger partial charge in [-0.3, -0.25) is 0 Å². The second-order valence-corrected chi connectivity index (χ2v) is 4.65. The second-order valence-electron chi connectivity index (χ2n) is 2.64. The quantitative estimate of drug-likeness (QED) is 0.516. The molecule has 0 aromatic heterocycles. The molecular weight excluding hydrogens is 168 g/mol. The van der Waals surface area contributed by atoms with E-state index in [1.54, 1.807) is 0 Å². The molecule has 0 amide bonds. The zero-order valence-electron chi connectivity index (χ0n) is 7.07. The summed E-state index contributed by atoms with van der Waals surface area (Å²) in [5, 5.41) is 0. The van der Waals surface area contributed by atoms with E-state index in [2.05, 4.69) is 0 Å². The first-order valence-corrected chi connectivity index (χ1v) is 6.23. The molecule has 1 aromatic rings. The molecule has 64 valence electrons. The largest absolute Gasteiger partial charge is 0.408 e. The van der Waals surface area contributed by atoms with Crippen molar-refractivity contribution in [3.8, 4) is 0 Å². The van der Waals surface area contributed by atoms with E-state index < -0.39 is 9.04 Å². The van der Waals surface area contributed by atoms with Gasteiger partial charge in [0.2, 0.25) is 9.04 Å². The SMILES string of the molecule is C[SiH](C=O)OCc1ccccc1. The van der Waals surface area contributed by atoms with Gasteiger partial charge in [-0.05, 0) is 12.1 Å².